The molecule has 1 heteroatoms. The van der Waals surface area contributed by atoms with E-state index in [0.717, 1.165) is 19.4 Å². The number of terminal acetylenes is 1. The maximum Gasteiger partial charge on any atom is 0.00982 e. The van der Waals surface area contributed by atoms with Crippen molar-refractivity contribution in [3.05, 3.63) is 0 Å². The second kappa shape index (κ2) is 5.32. The Labute approximate surface area is 64.4 Å². The van der Waals surface area contributed by atoms with Crippen molar-refractivity contribution in [1.82, 2.24) is 4.90 Å². The Balaban J connectivity index is 3.23. The lowest BCUT2D eigenvalue weighted by atomic mass is 10.2. The van der Waals surface area contributed by atoms with Gasteiger partial charge in [-0.2, -0.15) is 0 Å². The second-order valence-corrected chi connectivity index (χ2v) is 2.88. The van der Waals surface area contributed by atoms with Crippen LogP contribution in [0.25, 0.3) is 0 Å². The van der Waals surface area contributed by atoms with Crippen LogP contribution >= 0.6 is 0 Å². The van der Waals surface area contributed by atoms with E-state index in [9.17, 15) is 0 Å². The first-order valence-corrected chi connectivity index (χ1v) is 3.82. The average molecular weight is 139 g/mol. The fraction of sp³-hybridized carbons (Fsp3) is 0.778. The van der Waals surface area contributed by atoms with Crippen LogP contribution in [0.4, 0.5) is 0 Å². The molecule has 0 atom stereocenters. The molecule has 0 saturated heterocycles. The summed E-state index contributed by atoms with van der Waals surface area (Å²) in [7, 11) is 2.13. The van der Waals surface area contributed by atoms with E-state index in [2.05, 4.69) is 31.7 Å². The molecule has 0 N–H and O–H groups in total. The van der Waals surface area contributed by atoms with Gasteiger partial charge in [0.25, 0.3) is 0 Å². The van der Waals surface area contributed by atoms with Gasteiger partial charge in [-0.05, 0) is 33.9 Å². The van der Waals surface area contributed by atoms with Crippen LogP contribution in [0.1, 0.15) is 26.7 Å². The van der Waals surface area contributed by atoms with Gasteiger partial charge in [-0.25, -0.2) is 0 Å². The van der Waals surface area contributed by atoms with Gasteiger partial charge < -0.3 is 4.90 Å². The highest BCUT2D eigenvalue weighted by Gasteiger charge is 2.00. The molecule has 0 rings (SSSR count). The first kappa shape index (κ1) is 9.52. The molecular weight excluding hydrogens is 122 g/mol. The van der Waals surface area contributed by atoms with Crippen molar-refractivity contribution in [2.45, 2.75) is 32.7 Å². The lowest BCUT2D eigenvalue weighted by Gasteiger charge is -2.19. The van der Waals surface area contributed by atoms with E-state index < -0.39 is 0 Å². The van der Waals surface area contributed by atoms with Gasteiger partial charge in [0.1, 0.15) is 0 Å². The van der Waals surface area contributed by atoms with Crippen molar-refractivity contribution in [3.8, 4) is 12.3 Å². The summed E-state index contributed by atoms with van der Waals surface area (Å²) >= 11 is 0. The molecule has 0 aromatic rings. The van der Waals surface area contributed by atoms with Gasteiger partial charge in [0, 0.05) is 12.5 Å². The van der Waals surface area contributed by atoms with E-state index in [1.807, 2.05) is 0 Å². The molecule has 0 aliphatic rings. The average Bonchev–Trinajstić information content (AvgIpc) is 1.88. The molecule has 0 fully saturated rings. The molecule has 0 unspecified atom stereocenters. The van der Waals surface area contributed by atoms with Crippen LogP contribution < -0.4 is 0 Å². The largest absolute Gasteiger partial charge is 0.304 e. The van der Waals surface area contributed by atoms with E-state index >= 15 is 0 Å². The van der Waals surface area contributed by atoms with Gasteiger partial charge >= 0.3 is 0 Å². The first-order chi connectivity index (χ1) is 4.68. The maximum atomic E-state index is 5.12. The molecule has 0 aromatic carbocycles. The fourth-order valence-corrected chi connectivity index (χ4v) is 0.689. The summed E-state index contributed by atoms with van der Waals surface area (Å²) in [5.74, 6) is 2.64. The van der Waals surface area contributed by atoms with Gasteiger partial charge in [0.15, 0.2) is 0 Å². The monoisotopic (exact) mass is 139 g/mol. The number of hydrogen-bond donors (Lipinski definition) is 0. The second-order valence-electron chi connectivity index (χ2n) is 2.88. The van der Waals surface area contributed by atoms with Crippen LogP contribution in [0.3, 0.4) is 0 Å². The number of hydrogen-bond acceptors (Lipinski definition) is 1. The molecule has 0 aliphatic heterocycles. The summed E-state index contributed by atoms with van der Waals surface area (Å²) in [5.41, 5.74) is 0. The zero-order valence-corrected chi connectivity index (χ0v) is 7.22. The van der Waals surface area contributed by atoms with Crippen molar-refractivity contribution in [1.29, 1.82) is 0 Å². The molecule has 10 heavy (non-hydrogen) atoms. The van der Waals surface area contributed by atoms with Crippen molar-refractivity contribution in [2.75, 3.05) is 13.6 Å². The Morgan fingerprint density at radius 3 is 2.50 bits per heavy atom. The number of unbranched alkanes of at least 4 members (excludes halogenated alkanes) is 1. The molecule has 0 spiro atoms. The van der Waals surface area contributed by atoms with Gasteiger partial charge in [0.05, 0.1) is 0 Å². The first-order valence-electron chi connectivity index (χ1n) is 3.82. The lowest BCUT2D eigenvalue weighted by molar-refractivity contribution is 0.272. The fourth-order valence-electron chi connectivity index (χ4n) is 0.689. The molecule has 58 valence electrons. The van der Waals surface area contributed by atoms with Crippen LogP contribution in [0.2, 0.25) is 0 Å². The molecule has 0 amide bonds. The van der Waals surface area contributed by atoms with Crippen LogP contribution in [0, 0.1) is 12.3 Å². The summed E-state index contributed by atoms with van der Waals surface area (Å²) in [6.07, 6.45) is 7.14. The minimum Gasteiger partial charge on any atom is -0.304 e. The third kappa shape index (κ3) is 4.40. The summed E-state index contributed by atoms with van der Waals surface area (Å²) < 4.78 is 0. The summed E-state index contributed by atoms with van der Waals surface area (Å²) in [6, 6.07) is 0.637. The predicted molar refractivity (Wildman–Crippen MR) is 45.8 cm³/mol. The topological polar surface area (TPSA) is 3.24 Å². The van der Waals surface area contributed by atoms with E-state index in [-0.39, 0.29) is 0 Å². The predicted octanol–water partition coefficient (Wildman–Crippen LogP) is 1.74. The standard InChI is InChI=1S/C9H17N/c1-5-6-7-8-10(4)9(2)3/h1,9H,6-8H2,2-4H3. The van der Waals surface area contributed by atoms with Crippen LogP contribution in [-0.2, 0) is 0 Å². The van der Waals surface area contributed by atoms with Crippen molar-refractivity contribution < 1.29 is 0 Å². The van der Waals surface area contributed by atoms with E-state index in [0.29, 0.717) is 6.04 Å². The molecule has 0 aliphatic carbocycles. The molecule has 1 nitrogen and oxygen atoms in total. The number of nitrogens with zero attached hydrogens (tertiary/aromatic N) is 1. The van der Waals surface area contributed by atoms with Gasteiger partial charge in [-0.1, -0.05) is 0 Å². The van der Waals surface area contributed by atoms with Crippen LogP contribution in [0.5, 0.6) is 0 Å². The highest BCUT2D eigenvalue weighted by Crippen LogP contribution is 1.96. The third-order valence-corrected chi connectivity index (χ3v) is 1.71. The Morgan fingerprint density at radius 2 is 2.10 bits per heavy atom. The quantitative estimate of drug-likeness (QED) is 0.423. The van der Waals surface area contributed by atoms with E-state index in [1.165, 1.54) is 0 Å². The minimum absolute atomic E-state index is 0.637. The van der Waals surface area contributed by atoms with Crippen LogP contribution in [-0.4, -0.2) is 24.5 Å². The molecule has 0 radical (unpaired) electrons. The maximum absolute atomic E-state index is 5.12. The smallest absolute Gasteiger partial charge is 0.00982 e. The summed E-state index contributed by atoms with van der Waals surface area (Å²) in [5, 5.41) is 0. The zero-order chi connectivity index (χ0) is 7.98. The minimum atomic E-state index is 0.637. The molecule has 0 heterocycles. The SMILES string of the molecule is C#CCCCN(C)C(C)C. The third-order valence-electron chi connectivity index (χ3n) is 1.71. The molecule has 0 saturated carbocycles. The summed E-state index contributed by atoms with van der Waals surface area (Å²) in [4.78, 5) is 2.30. The van der Waals surface area contributed by atoms with Gasteiger partial charge in [0.2, 0.25) is 0 Å². The normalized spacial score (nSPS) is 10.4. The van der Waals surface area contributed by atoms with Crippen molar-refractivity contribution in [3.63, 3.8) is 0 Å². The molecular formula is C9H17N. The highest BCUT2D eigenvalue weighted by atomic mass is 15.1. The lowest BCUT2D eigenvalue weighted by Crippen LogP contribution is -2.27. The Hall–Kier alpha value is -0.480. The molecule has 0 bridgehead atoms. The zero-order valence-electron chi connectivity index (χ0n) is 7.22. The highest BCUT2D eigenvalue weighted by molar-refractivity contribution is 4.83. The Morgan fingerprint density at radius 1 is 1.50 bits per heavy atom. The van der Waals surface area contributed by atoms with Crippen LogP contribution in [0.15, 0.2) is 0 Å². The summed E-state index contributed by atoms with van der Waals surface area (Å²) in [6.45, 7) is 5.49. The van der Waals surface area contributed by atoms with E-state index in [1.54, 1.807) is 0 Å². The molecule has 0 aromatic heterocycles. The van der Waals surface area contributed by atoms with Gasteiger partial charge in [-0.3, -0.25) is 0 Å². The van der Waals surface area contributed by atoms with Crippen molar-refractivity contribution >= 4 is 0 Å². The number of rotatable bonds is 4. The Bertz CT molecular complexity index is 110. The van der Waals surface area contributed by atoms with Crippen molar-refractivity contribution in [2.24, 2.45) is 0 Å². The Kier molecular flexibility index (Phi) is 5.06. The van der Waals surface area contributed by atoms with E-state index in [4.69, 9.17) is 6.42 Å². The van der Waals surface area contributed by atoms with Gasteiger partial charge in [-0.15, -0.1) is 12.3 Å².